The number of piperazine rings is 1. The predicted molar refractivity (Wildman–Crippen MR) is 132 cm³/mol. The van der Waals surface area contributed by atoms with E-state index in [0.717, 1.165) is 54.6 Å². The van der Waals surface area contributed by atoms with Gasteiger partial charge >= 0.3 is 0 Å². The van der Waals surface area contributed by atoms with Crippen LogP contribution >= 0.6 is 11.6 Å². The van der Waals surface area contributed by atoms with Crippen LogP contribution in [0.2, 0.25) is 5.02 Å². The Kier molecular flexibility index (Phi) is 7.98. The molecule has 0 aliphatic carbocycles. The zero-order valence-corrected chi connectivity index (χ0v) is 20.3. The Labute approximate surface area is 205 Å². The summed E-state index contributed by atoms with van der Waals surface area (Å²) in [6.07, 6.45) is 0.0719. The Morgan fingerprint density at radius 1 is 1.00 bits per heavy atom. The van der Waals surface area contributed by atoms with Crippen molar-refractivity contribution in [3.63, 3.8) is 0 Å². The third-order valence-corrected chi connectivity index (χ3v) is 6.25. The minimum atomic E-state index is -0.584. The van der Waals surface area contributed by atoms with E-state index in [4.69, 9.17) is 21.3 Å². The summed E-state index contributed by atoms with van der Waals surface area (Å²) in [6, 6.07) is 13.7. The number of benzene rings is 2. The Morgan fingerprint density at radius 2 is 1.68 bits per heavy atom. The number of aryl methyl sites for hydroxylation is 2. The van der Waals surface area contributed by atoms with E-state index in [1.807, 2.05) is 26.0 Å². The molecule has 1 aromatic heterocycles. The van der Waals surface area contributed by atoms with Gasteiger partial charge in [-0.15, -0.1) is 0 Å². The molecule has 0 bridgehead atoms. The molecule has 0 radical (unpaired) electrons. The largest absolute Gasteiger partial charge is 0.491 e. The van der Waals surface area contributed by atoms with Gasteiger partial charge in [0.05, 0.1) is 0 Å². The summed E-state index contributed by atoms with van der Waals surface area (Å²) in [4.78, 5) is 13.9. The summed E-state index contributed by atoms with van der Waals surface area (Å²) >= 11 is 5.90. The van der Waals surface area contributed by atoms with E-state index in [9.17, 15) is 9.50 Å². The monoisotopic (exact) mass is 484 g/mol. The number of hydrogen-bond acceptors (Lipinski definition) is 6. The fourth-order valence-corrected chi connectivity index (χ4v) is 4.33. The Bertz CT molecular complexity index is 1090. The molecular weight excluding hydrogens is 455 g/mol. The first kappa shape index (κ1) is 24.4. The summed E-state index contributed by atoms with van der Waals surface area (Å²) in [6.45, 7) is 7.93. The quantitative estimate of drug-likeness (QED) is 0.520. The van der Waals surface area contributed by atoms with Crippen LogP contribution in [0.1, 0.15) is 22.6 Å². The van der Waals surface area contributed by atoms with Gasteiger partial charge in [-0.25, -0.2) is 14.4 Å². The third-order valence-electron chi connectivity index (χ3n) is 5.99. The van der Waals surface area contributed by atoms with Crippen LogP contribution in [-0.2, 0) is 6.42 Å². The zero-order valence-electron chi connectivity index (χ0n) is 19.5. The summed E-state index contributed by atoms with van der Waals surface area (Å²) in [7, 11) is 0. The van der Waals surface area contributed by atoms with E-state index in [1.165, 1.54) is 12.1 Å². The molecule has 34 heavy (non-hydrogen) atoms. The van der Waals surface area contributed by atoms with E-state index < -0.39 is 6.10 Å². The number of nitrogens with zero attached hydrogens (tertiary/aromatic N) is 4. The fraction of sp³-hybridized carbons (Fsp3) is 0.385. The molecular formula is C26H30ClFN4O2. The number of aliphatic hydroxyl groups is 1. The van der Waals surface area contributed by atoms with Crippen LogP contribution in [0.3, 0.4) is 0 Å². The van der Waals surface area contributed by atoms with Crippen molar-refractivity contribution in [3.8, 4) is 5.75 Å². The summed E-state index contributed by atoms with van der Waals surface area (Å²) in [5.74, 6) is 2.14. The molecule has 180 valence electrons. The van der Waals surface area contributed by atoms with Crippen LogP contribution in [-0.4, -0.2) is 65.4 Å². The Hall–Kier alpha value is -2.74. The molecule has 1 aliphatic heterocycles. The average Bonchev–Trinajstić information content (AvgIpc) is 2.82. The van der Waals surface area contributed by atoms with Gasteiger partial charge in [-0.1, -0.05) is 23.7 Å². The normalized spacial score (nSPS) is 15.4. The fourth-order valence-electron chi connectivity index (χ4n) is 4.21. The smallest absolute Gasteiger partial charge is 0.136 e. The van der Waals surface area contributed by atoms with Crippen molar-refractivity contribution in [2.45, 2.75) is 26.4 Å². The first-order valence-electron chi connectivity index (χ1n) is 11.5. The lowest BCUT2D eigenvalue weighted by Crippen LogP contribution is -2.49. The predicted octanol–water partition coefficient (Wildman–Crippen LogP) is 4.04. The van der Waals surface area contributed by atoms with Crippen molar-refractivity contribution >= 4 is 17.4 Å². The van der Waals surface area contributed by atoms with Gasteiger partial charge < -0.3 is 14.7 Å². The lowest BCUT2D eigenvalue weighted by molar-refractivity contribution is 0.0662. The second-order valence-corrected chi connectivity index (χ2v) is 9.10. The van der Waals surface area contributed by atoms with Gasteiger partial charge in [-0.05, 0) is 55.8 Å². The zero-order chi connectivity index (χ0) is 24.1. The van der Waals surface area contributed by atoms with Crippen LogP contribution in [0.25, 0.3) is 0 Å². The topological polar surface area (TPSA) is 61.7 Å². The van der Waals surface area contributed by atoms with Gasteiger partial charge in [0, 0.05) is 55.4 Å². The molecule has 1 atom stereocenters. The van der Waals surface area contributed by atoms with Crippen LogP contribution in [0, 0.1) is 19.7 Å². The minimum Gasteiger partial charge on any atom is -0.491 e. The molecule has 1 aliphatic rings. The molecule has 2 heterocycles. The molecule has 2 aromatic carbocycles. The maximum Gasteiger partial charge on any atom is 0.136 e. The molecule has 1 unspecified atom stereocenters. The summed E-state index contributed by atoms with van der Waals surface area (Å²) in [5.41, 5.74) is 3.05. The molecule has 3 aromatic rings. The number of aliphatic hydroxyl groups excluding tert-OH is 1. The maximum atomic E-state index is 13.3. The molecule has 1 saturated heterocycles. The molecule has 0 saturated carbocycles. The minimum absolute atomic E-state index is 0.230. The number of aromatic nitrogens is 2. The first-order chi connectivity index (χ1) is 16.4. The van der Waals surface area contributed by atoms with Crippen molar-refractivity contribution in [3.05, 3.63) is 82.0 Å². The number of ether oxygens (including phenoxy) is 1. The van der Waals surface area contributed by atoms with Crippen molar-refractivity contribution < 1.29 is 14.2 Å². The second-order valence-electron chi connectivity index (χ2n) is 8.67. The van der Waals surface area contributed by atoms with Crippen LogP contribution < -0.4 is 9.64 Å². The molecule has 0 amide bonds. The lowest BCUT2D eigenvalue weighted by Gasteiger charge is -2.37. The SMILES string of the molecule is Cc1nc(C)c(Cc2ccc(F)cc2)c(N2CCN(CC(O)COc3ccc(Cl)cc3)CC2)n1. The first-order valence-corrected chi connectivity index (χ1v) is 11.9. The number of hydrogen-bond donors (Lipinski definition) is 1. The van der Waals surface area contributed by atoms with Gasteiger partial charge in [-0.2, -0.15) is 0 Å². The molecule has 1 N–H and O–H groups in total. The summed E-state index contributed by atoms with van der Waals surface area (Å²) in [5, 5.41) is 11.1. The highest BCUT2D eigenvalue weighted by Crippen LogP contribution is 2.25. The van der Waals surface area contributed by atoms with Crippen molar-refractivity contribution in [1.29, 1.82) is 0 Å². The summed E-state index contributed by atoms with van der Waals surface area (Å²) < 4.78 is 19.0. The van der Waals surface area contributed by atoms with Crippen molar-refractivity contribution in [1.82, 2.24) is 14.9 Å². The van der Waals surface area contributed by atoms with E-state index in [2.05, 4.69) is 14.8 Å². The van der Waals surface area contributed by atoms with Crippen molar-refractivity contribution in [2.75, 3.05) is 44.2 Å². The van der Waals surface area contributed by atoms with Gasteiger partial charge in [0.2, 0.25) is 0 Å². The Balaban J connectivity index is 1.35. The van der Waals surface area contributed by atoms with Crippen LogP contribution in [0.5, 0.6) is 5.75 Å². The second kappa shape index (κ2) is 11.1. The van der Waals surface area contributed by atoms with E-state index in [-0.39, 0.29) is 12.4 Å². The van der Waals surface area contributed by atoms with Crippen molar-refractivity contribution in [2.24, 2.45) is 0 Å². The van der Waals surface area contributed by atoms with E-state index in [1.54, 1.807) is 24.3 Å². The Morgan fingerprint density at radius 3 is 2.35 bits per heavy atom. The highest BCUT2D eigenvalue weighted by atomic mass is 35.5. The standard InChI is InChI=1S/C26H30ClFN4O2/c1-18-25(15-20-3-7-22(28)8-4-20)26(30-19(2)29-18)32-13-11-31(12-14-32)16-23(33)17-34-24-9-5-21(27)6-10-24/h3-10,23,33H,11-17H2,1-2H3. The average molecular weight is 485 g/mol. The highest BCUT2D eigenvalue weighted by Gasteiger charge is 2.23. The van der Waals surface area contributed by atoms with Gasteiger partial charge in [0.25, 0.3) is 0 Å². The molecule has 1 fully saturated rings. The molecule has 8 heteroatoms. The third kappa shape index (κ3) is 6.44. The maximum absolute atomic E-state index is 13.3. The van der Waals surface area contributed by atoms with Crippen LogP contribution in [0.15, 0.2) is 48.5 Å². The molecule has 4 rings (SSSR count). The molecule has 0 spiro atoms. The number of rotatable bonds is 8. The van der Waals surface area contributed by atoms with E-state index in [0.29, 0.717) is 23.7 Å². The number of anilines is 1. The van der Waals surface area contributed by atoms with Gasteiger partial charge in [0.1, 0.15) is 35.9 Å². The number of halogens is 2. The van der Waals surface area contributed by atoms with Gasteiger partial charge in [-0.3, -0.25) is 4.90 Å². The lowest BCUT2D eigenvalue weighted by atomic mass is 10.0. The highest BCUT2D eigenvalue weighted by molar-refractivity contribution is 6.30. The van der Waals surface area contributed by atoms with Crippen LogP contribution in [0.4, 0.5) is 10.2 Å². The number of β-amino-alcohol motifs (C(OH)–C–C–N with tert-alkyl or cyclic N) is 1. The molecule has 6 nitrogen and oxygen atoms in total. The van der Waals surface area contributed by atoms with Gasteiger partial charge in [0.15, 0.2) is 0 Å². The van der Waals surface area contributed by atoms with E-state index >= 15 is 0 Å².